The molecule has 11 nitrogen and oxygen atoms in total. The number of ketones is 1. The molecule has 12 heteroatoms. The van der Waals surface area contributed by atoms with E-state index in [-0.39, 0.29) is 28.7 Å². The number of nitrogens with one attached hydrogen (secondary N) is 3. The molecule has 0 aliphatic rings. The minimum absolute atomic E-state index is 0.0979. The van der Waals surface area contributed by atoms with Gasteiger partial charge in [-0.3, -0.25) is 14.4 Å². The summed E-state index contributed by atoms with van der Waals surface area (Å²) in [4.78, 5) is 50.8. The van der Waals surface area contributed by atoms with Crippen LogP contribution in [0.15, 0.2) is 29.2 Å². The first kappa shape index (κ1) is 26.7. The third-order valence-electron chi connectivity index (χ3n) is 4.73. The van der Waals surface area contributed by atoms with Gasteiger partial charge in [0.15, 0.2) is 6.10 Å². The van der Waals surface area contributed by atoms with Gasteiger partial charge in [0, 0.05) is 18.3 Å². The smallest absolute Gasteiger partial charge is 0.340 e. The second-order valence-electron chi connectivity index (χ2n) is 7.37. The van der Waals surface area contributed by atoms with Gasteiger partial charge in [-0.25, -0.2) is 13.2 Å². The molecule has 0 saturated carbocycles. The van der Waals surface area contributed by atoms with Crippen LogP contribution in [-0.4, -0.2) is 56.3 Å². The number of benzene rings is 1. The number of aromatic nitrogens is 1. The standard InChI is InChI=1S/C22H27N3O8S/c1-6-32-22(29)19-12(2)20(24-13(19)3)21(28)14(4)33-18(27)11-23-34(30,31)17-9-7-16(8-10-17)25-15(5)26/h7-10,14,23-24H,6,11H2,1-5H3,(H,25,26). The van der Waals surface area contributed by atoms with Crippen LogP contribution < -0.4 is 10.0 Å². The Labute approximate surface area is 197 Å². The van der Waals surface area contributed by atoms with Crippen molar-refractivity contribution in [1.82, 2.24) is 9.71 Å². The highest BCUT2D eigenvalue weighted by Crippen LogP contribution is 2.21. The summed E-state index contributed by atoms with van der Waals surface area (Å²) < 4.78 is 37.0. The summed E-state index contributed by atoms with van der Waals surface area (Å²) in [5, 5.41) is 2.51. The Morgan fingerprint density at radius 2 is 1.71 bits per heavy atom. The first-order chi connectivity index (χ1) is 15.9. The largest absolute Gasteiger partial charge is 0.462 e. The number of carbonyl (C=O) groups excluding carboxylic acids is 4. The molecule has 0 aliphatic heterocycles. The molecule has 184 valence electrons. The molecule has 0 fully saturated rings. The Bertz CT molecular complexity index is 1200. The highest BCUT2D eigenvalue weighted by atomic mass is 32.2. The summed E-state index contributed by atoms with van der Waals surface area (Å²) in [6, 6.07) is 5.34. The van der Waals surface area contributed by atoms with Gasteiger partial charge in [0.2, 0.25) is 21.7 Å². The predicted octanol–water partition coefficient (Wildman–Crippen LogP) is 1.86. The van der Waals surface area contributed by atoms with Gasteiger partial charge in [0.1, 0.15) is 6.54 Å². The SMILES string of the molecule is CCOC(=O)c1c(C)[nH]c(C(=O)C(C)OC(=O)CNS(=O)(=O)c2ccc(NC(C)=O)cc2)c1C. The maximum atomic E-state index is 12.7. The van der Waals surface area contributed by atoms with Gasteiger partial charge in [-0.05, 0) is 57.5 Å². The number of aromatic amines is 1. The van der Waals surface area contributed by atoms with E-state index in [4.69, 9.17) is 9.47 Å². The van der Waals surface area contributed by atoms with Crippen molar-refractivity contribution in [3.05, 3.63) is 46.8 Å². The van der Waals surface area contributed by atoms with Gasteiger partial charge in [-0.1, -0.05) is 0 Å². The molecule has 0 bridgehead atoms. The van der Waals surface area contributed by atoms with Crippen molar-refractivity contribution in [3.8, 4) is 0 Å². The van der Waals surface area contributed by atoms with E-state index in [9.17, 15) is 27.6 Å². The number of Topliss-reactive ketones (excluding diaryl/α,β-unsaturated/α-hetero) is 1. The molecule has 0 saturated heterocycles. The van der Waals surface area contributed by atoms with Crippen LogP contribution in [0.3, 0.4) is 0 Å². The van der Waals surface area contributed by atoms with Crippen LogP contribution in [0.25, 0.3) is 0 Å². The fourth-order valence-electron chi connectivity index (χ4n) is 3.16. The van der Waals surface area contributed by atoms with Gasteiger partial charge < -0.3 is 19.8 Å². The van der Waals surface area contributed by atoms with Crippen LogP contribution in [0.2, 0.25) is 0 Å². The summed E-state index contributed by atoms with van der Waals surface area (Å²) in [6.07, 6.45) is -1.24. The molecule has 2 aromatic rings. The molecule has 0 spiro atoms. The number of sulfonamides is 1. The first-order valence-corrected chi connectivity index (χ1v) is 11.8. The van der Waals surface area contributed by atoms with E-state index in [0.717, 1.165) is 0 Å². The van der Waals surface area contributed by atoms with Crippen LogP contribution in [0.5, 0.6) is 0 Å². The third-order valence-corrected chi connectivity index (χ3v) is 6.15. The number of ether oxygens (including phenoxy) is 2. The molecule has 1 unspecified atom stereocenters. The lowest BCUT2D eigenvalue weighted by Crippen LogP contribution is -2.34. The number of amides is 1. The van der Waals surface area contributed by atoms with Gasteiger partial charge in [-0.2, -0.15) is 4.72 Å². The molecule has 1 aromatic heterocycles. The minimum Gasteiger partial charge on any atom is -0.462 e. The van der Waals surface area contributed by atoms with E-state index in [1.807, 2.05) is 0 Å². The van der Waals surface area contributed by atoms with Crippen LogP contribution in [0, 0.1) is 13.8 Å². The van der Waals surface area contributed by atoms with E-state index in [2.05, 4.69) is 15.0 Å². The Hall–Kier alpha value is -3.51. The number of anilines is 1. The van der Waals surface area contributed by atoms with Crippen LogP contribution >= 0.6 is 0 Å². The predicted molar refractivity (Wildman–Crippen MR) is 122 cm³/mol. The summed E-state index contributed by atoms with van der Waals surface area (Å²) in [5.74, 6) is -2.43. The summed E-state index contributed by atoms with van der Waals surface area (Å²) in [6.45, 7) is 6.99. The number of H-pyrrole nitrogens is 1. The fraction of sp³-hybridized carbons (Fsp3) is 0.364. The second-order valence-corrected chi connectivity index (χ2v) is 9.14. The van der Waals surface area contributed by atoms with Crippen LogP contribution in [0.4, 0.5) is 5.69 Å². The zero-order chi connectivity index (χ0) is 25.6. The van der Waals surface area contributed by atoms with E-state index in [0.29, 0.717) is 16.9 Å². The topological polar surface area (TPSA) is 161 Å². The summed E-state index contributed by atoms with van der Waals surface area (Å²) in [5.41, 5.74) is 1.56. The quantitative estimate of drug-likeness (QED) is 0.334. The molecular formula is C22H27N3O8S. The van der Waals surface area contributed by atoms with Crippen molar-refractivity contribution in [1.29, 1.82) is 0 Å². The minimum atomic E-state index is -4.04. The van der Waals surface area contributed by atoms with Crippen LogP contribution in [0.1, 0.15) is 52.9 Å². The molecule has 2 rings (SSSR count). The highest BCUT2D eigenvalue weighted by molar-refractivity contribution is 7.89. The zero-order valence-electron chi connectivity index (χ0n) is 19.5. The van der Waals surface area contributed by atoms with Crippen LogP contribution in [-0.2, 0) is 29.1 Å². The number of carbonyl (C=O) groups is 4. The van der Waals surface area contributed by atoms with Crippen molar-refractivity contribution in [2.24, 2.45) is 0 Å². The number of rotatable bonds is 10. The third kappa shape index (κ3) is 6.51. The van der Waals surface area contributed by atoms with Crippen molar-refractivity contribution in [3.63, 3.8) is 0 Å². The molecule has 1 atom stereocenters. The fourth-order valence-corrected chi connectivity index (χ4v) is 4.13. The van der Waals surface area contributed by atoms with E-state index in [1.54, 1.807) is 20.8 Å². The van der Waals surface area contributed by atoms with Crippen molar-refractivity contribution in [2.45, 2.75) is 45.6 Å². The maximum absolute atomic E-state index is 12.7. The van der Waals surface area contributed by atoms with E-state index < -0.39 is 40.4 Å². The summed E-state index contributed by atoms with van der Waals surface area (Å²) >= 11 is 0. The number of hydrogen-bond donors (Lipinski definition) is 3. The van der Waals surface area contributed by atoms with Gasteiger partial charge in [-0.15, -0.1) is 0 Å². The van der Waals surface area contributed by atoms with E-state index >= 15 is 0 Å². The van der Waals surface area contributed by atoms with Gasteiger partial charge in [0.05, 0.1) is 22.8 Å². The Kier molecular flexibility index (Phi) is 8.71. The lowest BCUT2D eigenvalue weighted by atomic mass is 10.1. The average Bonchev–Trinajstić information content (AvgIpc) is 3.05. The number of aryl methyl sites for hydroxylation is 1. The molecule has 34 heavy (non-hydrogen) atoms. The Morgan fingerprint density at radius 1 is 1.09 bits per heavy atom. The Morgan fingerprint density at radius 3 is 2.26 bits per heavy atom. The molecule has 3 N–H and O–H groups in total. The van der Waals surface area contributed by atoms with E-state index in [1.165, 1.54) is 38.1 Å². The molecule has 0 radical (unpaired) electrons. The first-order valence-electron chi connectivity index (χ1n) is 10.3. The molecule has 1 amide bonds. The van der Waals surface area contributed by atoms with Gasteiger partial charge >= 0.3 is 11.9 Å². The Balaban J connectivity index is 2.01. The van der Waals surface area contributed by atoms with Crippen molar-refractivity contribution >= 4 is 39.3 Å². The molecule has 1 heterocycles. The molecular weight excluding hydrogens is 466 g/mol. The lowest BCUT2D eigenvalue weighted by molar-refractivity contribution is -0.144. The number of esters is 2. The van der Waals surface area contributed by atoms with Gasteiger partial charge in [0.25, 0.3) is 0 Å². The number of hydrogen-bond acceptors (Lipinski definition) is 8. The monoisotopic (exact) mass is 493 g/mol. The normalized spacial score (nSPS) is 12.0. The zero-order valence-corrected chi connectivity index (χ0v) is 20.3. The van der Waals surface area contributed by atoms with Crippen molar-refractivity contribution in [2.75, 3.05) is 18.5 Å². The molecule has 1 aromatic carbocycles. The average molecular weight is 494 g/mol. The maximum Gasteiger partial charge on any atom is 0.340 e. The second kappa shape index (κ2) is 11.1. The highest BCUT2D eigenvalue weighted by Gasteiger charge is 2.28. The molecule has 0 aliphatic carbocycles. The van der Waals surface area contributed by atoms with Crippen molar-refractivity contribution < 1.29 is 37.1 Å². The summed E-state index contributed by atoms with van der Waals surface area (Å²) in [7, 11) is -4.04. The lowest BCUT2D eigenvalue weighted by Gasteiger charge is -2.13.